The maximum absolute atomic E-state index is 5.44. The first-order chi connectivity index (χ1) is 31.3. The van der Waals surface area contributed by atoms with E-state index >= 15 is 0 Å². The Hall–Kier alpha value is -8.61. The van der Waals surface area contributed by atoms with Gasteiger partial charge in [-0.1, -0.05) is 152 Å². The van der Waals surface area contributed by atoms with Crippen molar-refractivity contribution in [2.24, 2.45) is 0 Å². The van der Waals surface area contributed by atoms with Gasteiger partial charge in [-0.15, -0.1) is 0 Å². The average Bonchev–Trinajstić information content (AvgIpc) is 4.00. The van der Waals surface area contributed by atoms with Crippen LogP contribution in [0.5, 0.6) is 0 Å². The van der Waals surface area contributed by atoms with Crippen LogP contribution in [0.4, 0.5) is 0 Å². The quantitative estimate of drug-likeness (QED) is 0.168. The molecule has 0 fully saturated rings. The molecule has 0 N–H and O–H groups in total. The summed E-state index contributed by atoms with van der Waals surface area (Å²) in [6.07, 6.45) is 1.90. The van der Waals surface area contributed by atoms with E-state index in [4.69, 9.17) is 15.0 Å². The first-order valence-electron chi connectivity index (χ1n) is 21.3. The molecule has 0 radical (unpaired) electrons. The lowest BCUT2D eigenvalue weighted by molar-refractivity contribution is 1.05. The zero-order chi connectivity index (χ0) is 41.4. The molecule has 13 rings (SSSR count). The van der Waals surface area contributed by atoms with Crippen LogP contribution >= 0.6 is 0 Å². The van der Waals surface area contributed by atoms with Gasteiger partial charge in [0, 0.05) is 49.8 Å². The lowest BCUT2D eigenvalue weighted by Gasteiger charge is -2.23. The summed E-state index contributed by atoms with van der Waals surface area (Å²) in [5, 5.41) is 5.84. The van der Waals surface area contributed by atoms with E-state index in [0.29, 0.717) is 5.82 Å². The summed E-state index contributed by atoms with van der Waals surface area (Å²) in [7, 11) is 0. The number of aromatic nitrogens is 6. The Morgan fingerprint density at radius 3 is 1.21 bits per heavy atom. The molecule has 13 aromatic rings. The van der Waals surface area contributed by atoms with Gasteiger partial charge in [-0.2, -0.15) is 0 Å². The molecule has 294 valence electrons. The Labute approximate surface area is 362 Å². The predicted octanol–water partition coefficient (Wildman–Crippen LogP) is 14.2. The summed E-state index contributed by atoms with van der Waals surface area (Å²) in [4.78, 5) is 15.7. The fraction of sp³-hybridized carbons (Fsp3) is 0. The van der Waals surface area contributed by atoms with Gasteiger partial charge < -0.3 is 13.7 Å². The van der Waals surface area contributed by atoms with Gasteiger partial charge in [0.1, 0.15) is 0 Å². The van der Waals surface area contributed by atoms with Crippen molar-refractivity contribution in [1.82, 2.24) is 28.7 Å². The monoisotopic (exact) mass is 804 g/mol. The lowest BCUT2D eigenvalue weighted by atomic mass is 10.0. The Balaban J connectivity index is 1.26. The molecular weight excluding hydrogens is 769 g/mol. The van der Waals surface area contributed by atoms with Crippen LogP contribution in [0, 0.1) is 0 Å². The minimum absolute atomic E-state index is 0.668. The highest BCUT2D eigenvalue weighted by atomic mass is 15.1. The molecule has 0 saturated heterocycles. The van der Waals surface area contributed by atoms with E-state index in [0.717, 1.165) is 89.1 Å². The van der Waals surface area contributed by atoms with E-state index in [2.05, 4.69) is 196 Å². The first kappa shape index (κ1) is 35.2. The van der Waals surface area contributed by atoms with E-state index in [-0.39, 0.29) is 0 Å². The van der Waals surface area contributed by atoms with Gasteiger partial charge in [0.05, 0.1) is 67.1 Å². The van der Waals surface area contributed by atoms with Crippen LogP contribution in [0.2, 0.25) is 0 Å². The summed E-state index contributed by atoms with van der Waals surface area (Å²) in [6.45, 7) is 0. The highest BCUT2D eigenvalue weighted by molar-refractivity contribution is 6.13. The molecule has 0 saturated carbocycles. The van der Waals surface area contributed by atoms with E-state index in [1.165, 1.54) is 21.5 Å². The van der Waals surface area contributed by atoms with Crippen LogP contribution in [0.25, 0.3) is 117 Å². The third kappa shape index (κ3) is 5.41. The van der Waals surface area contributed by atoms with Crippen molar-refractivity contribution >= 4 is 65.5 Å². The molecule has 5 aromatic heterocycles. The summed E-state index contributed by atoms with van der Waals surface area (Å²) in [6, 6.07) is 75.4. The van der Waals surface area contributed by atoms with Crippen LogP contribution in [0.15, 0.2) is 219 Å². The maximum Gasteiger partial charge on any atom is 0.160 e. The number of para-hydroxylation sites is 5. The summed E-state index contributed by atoms with van der Waals surface area (Å²) in [5.74, 6) is 0.668. The van der Waals surface area contributed by atoms with E-state index < -0.39 is 0 Å². The molecule has 0 aliphatic carbocycles. The summed E-state index contributed by atoms with van der Waals surface area (Å²) >= 11 is 0. The zero-order valence-electron chi connectivity index (χ0n) is 34.0. The topological polar surface area (TPSA) is 53.5 Å². The van der Waals surface area contributed by atoms with Crippen LogP contribution < -0.4 is 0 Å². The van der Waals surface area contributed by atoms with Crippen molar-refractivity contribution in [2.75, 3.05) is 0 Å². The maximum atomic E-state index is 5.44. The average molecular weight is 805 g/mol. The number of hydrogen-bond acceptors (Lipinski definition) is 3. The second-order valence-electron chi connectivity index (χ2n) is 16.0. The fourth-order valence-corrected chi connectivity index (χ4v) is 9.78. The molecule has 6 heteroatoms. The van der Waals surface area contributed by atoms with E-state index in [9.17, 15) is 0 Å². The second kappa shape index (κ2) is 14.0. The lowest BCUT2D eigenvalue weighted by Crippen LogP contribution is -2.10. The molecule has 0 spiro atoms. The fourth-order valence-electron chi connectivity index (χ4n) is 9.78. The molecule has 0 aliphatic heterocycles. The Morgan fingerprint density at radius 1 is 0.302 bits per heavy atom. The van der Waals surface area contributed by atoms with E-state index in [1.54, 1.807) is 0 Å². The molecule has 5 heterocycles. The van der Waals surface area contributed by atoms with Crippen molar-refractivity contribution in [3.05, 3.63) is 219 Å². The van der Waals surface area contributed by atoms with Crippen molar-refractivity contribution in [2.45, 2.75) is 0 Å². The second-order valence-corrected chi connectivity index (χ2v) is 16.0. The van der Waals surface area contributed by atoms with Gasteiger partial charge >= 0.3 is 0 Å². The molecular formula is C57H36N6. The van der Waals surface area contributed by atoms with Crippen LogP contribution in [-0.2, 0) is 0 Å². The van der Waals surface area contributed by atoms with E-state index in [1.807, 2.05) is 36.5 Å². The molecule has 0 aliphatic rings. The Bertz CT molecular complexity index is 3560. The van der Waals surface area contributed by atoms with Crippen LogP contribution in [0.1, 0.15) is 0 Å². The number of nitrogens with zero attached hydrogens (tertiary/aromatic N) is 6. The van der Waals surface area contributed by atoms with Gasteiger partial charge in [-0.3, -0.25) is 4.98 Å². The highest BCUT2D eigenvalue weighted by Crippen LogP contribution is 2.44. The third-order valence-corrected chi connectivity index (χ3v) is 12.5. The van der Waals surface area contributed by atoms with Gasteiger partial charge in [0.2, 0.25) is 0 Å². The molecule has 0 unspecified atom stereocenters. The zero-order valence-corrected chi connectivity index (χ0v) is 34.0. The third-order valence-electron chi connectivity index (χ3n) is 12.5. The smallest absolute Gasteiger partial charge is 0.160 e. The normalized spacial score (nSPS) is 11.8. The molecule has 63 heavy (non-hydrogen) atoms. The summed E-state index contributed by atoms with van der Waals surface area (Å²) in [5.41, 5.74) is 15.2. The minimum atomic E-state index is 0.668. The number of rotatable bonds is 6. The molecule has 6 nitrogen and oxygen atoms in total. The van der Waals surface area contributed by atoms with Gasteiger partial charge in [-0.25, -0.2) is 9.97 Å². The predicted molar refractivity (Wildman–Crippen MR) is 259 cm³/mol. The standard InChI is InChI=1S/C57H36N6/c1-3-18-37(19-4-1)45-36-46(60-57(59-45)38-20-5-2-6-21-38)39-34-53(61-47-27-12-7-22-40(47)41-23-8-13-28-48(41)61)56(63-51-31-16-11-26-44(51)55-52(63)32-17-33-58-55)54(35-39)62-49-29-14-9-24-42(49)43-25-10-15-30-50(43)62/h1-36H. The van der Waals surface area contributed by atoms with Crippen molar-refractivity contribution in [3.8, 4) is 51.0 Å². The minimum Gasteiger partial charge on any atom is -0.307 e. The SMILES string of the molecule is c1ccc(-c2cc(-c3cc(-n4c5ccccc5c5ccccc54)c(-n4c5ccccc5c5ncccc54)c(-n4c5ccccc5c5ccccc54)c3)nc(-c3ccccc3)n2)cc1. The Morgan fingerprint density at radius 2 is 0.698 bits per heavy atom. The van der Waals surface area contributed by atoms with Crippen molar-refractivity contribution in [3.63, 3.8) is 0 Å². The van der Waals surface area contributed by atoms with Gasteiger partial charge in [0.15, 0.2) is 5.82 Å². The van der Waals surface area contributed by atoms with Crippen molar-refractivity contribution in [1.29, 1.82) is 0 Å². The molecule has 0 atom stereocenters. The molecule has 0 bridgehead atoms. The number of hydrogen-bond donors (Lipinski definition) is 0. The largest absolute Gasteiger partial charge is 0.307 e. The number of benzene rings is 8. The Kier molecular flexibility index (Phi) is 7.80. The first-order valence-corrected chi connectivity index (χ1v) is 21.3. The van der Waals surface area contributed by atoms with Crippen LogP contribution in [-0.4, -0.2) is 28.7 Å². The highest BCUT2D eigenvalue weighted by Gasteiger charge is 2.27. The molecule has 8 aromatic carbocycles. The van der Waals surface area contributed by atoms with Gasteiger partial charge in [0.25, 0.3) is 0 Å². The molecule has 0 amide bonds. The number of pyridine rings is 1. The van der Waals surface area contributed by atoms with Crippen molar-refractivity contribution < 1.29 is 0 Å². The van der Waals surface area contributed by atoms with Crippen LogP contribution in [0.3, 0.4) is 0 Å². The number of fused-ring (bicyclic) bond motifs is 9. The van der Waals surface area contributed by atoms with Gasteiger partial charge in [-0.05, 0) is 60.7 Å². The summed E-state index contributed by atoms with van der Waals surface area (Å²) < 4.78 is 7.34.